The van der Waals surface area contributed by atoms with Crippen molar-refractivity contribution in [1.29, 1.82) is 0 Å². The molecule has 0 aliphatic carbocycles. The first kappa shape index (κ1) is 14.3. The molecule has 3 nitrogen and oxygen atoms in total. The standard InChI is InChI=1S/C12H18ClNO2S/c1-3-9(2)7-17(15,16)8-10-4-5-11(13)12(14)6-10/h4-6,9H,3,7-8,14H2,1-2H3. The molecule has 1 atom stereocenters. The second-order valence-electron chi connectivity index (χ2n) is 4.42. The molecule has 0 radical (unpaired) electrons. The molecular formula is C12H18ClNO2S. The van der Waals surface area contributed by atoms with E-state index in [4.69, 9.17) is 17.3 Å². The van der Waals surface area contributed by atoms with Crippen LogP contribution in [-0.4, -0.2) is 14.2 Å². The van der Waals surface area contributed by atoms with Gasteiger partial charge in [-0.25, -0.2) is 8.42 Å². The predicted molar refractivity (Wildman–Crippen MR) is 72.8 cm³/mol. The zero-order valence-electron chi connectivity index (χ0n) is 10.1. The number of halogens is 1. The summed E-state index contributed by atoms with van der Waals surface area (Å²) in [5.41, 5.74) is 6.75. The molecule has 1 aromatic rings. The van der Waals surface area contributed by atoms with Crippen LogP contribution in [0.5, 0.6) is 0 Å². The zero-order valence-corrected chi connectivity index (χ0v) is 11.7. The molecule has 17 heavy (non-hydrogen) atoms. The maximum atomic E-state index is 11.9. The quantitative estimate of drug-likeness (QED) is 0.841. The third-order valence-electron chi connectivity index (χ3n) is 2.68. The van der Waals surface area contributed by atoms with Crippen LogP contribution in [0, 0.1) is 5.92 Å². The summed E-state index contributed by atoms with van der Waals surface area (Å²) in [5.74, 6) is 0.426. The molecule has 0 fully saturated rings. The highest BCUT2D eigenvalue weighted by Crippen LogP contribution is 2.21. The van der Waals surface area contributed by atoms with Crippen molar-refractivity contribution >= 4 is 27.1 Å². The Kier molecular flexibility index (Phi) is 4.83. The van der Waals surface area contributed by atoms with E-state index in [0.29, 0.717) is 16.3 Å². The van der Waals surface area contributed by atoms with Crippen LogP contribution in [0.4, 0.5) is 5.69 Å². The van der Waals surface area contributed by atoms with E-state index in [1.807, 2.05) is 13.8 Å². The normalized spacial score (nSPS) is 13.6. The molecule has 0 saturated carbocycles. The van der Waals surface area contributed by atoms with Gasteiger partial charge in [-0.05, 0) is 23.6 Å². The van der Waals surface area contributed by atoms with Crippen molar-refractivity contribution in [3.05, 3.63) is 28.8 Å². The summed E-state index contributed by atoms with van der Waals surface area (Å²) in [6.45, 7) is 3.92. The smallest absolute Gasteiger partial charge is 0.154 e. The zero-order chi connectivity index (χ0) is 13.1. The molecule has 1 aromatic carbocycles. The minimum Gasteiger partial charge on any atom is -0.398 e. The molecule has 0 aliphatic heterocycles. The molecule has 1 rings (SSSR count). The Labute approximate surface area is 108 Å². The van der Waals surface area contributed by atoms with Crippen molar-refractivity contribution in [3.63, 3.8) is 0 Å². The number of nitrogen functional groups attached to an aromatic ring is 1. The van der Waals surface area contributed by atoms with E-state index in [1.165, 1.54) is 0 Å². The van der Waals surface area contributed by atoms with Crippen LogP contribution in [0.25, 0.3) is 0 Å². The van der Waals surface area contributed by atoms with Crippen LogP contribution in [0.3, 0.4) is 0 Å². The van der Waals surface area contributed by atoms with E-state index in [9.17, 15) is 8.42 Å². The van der Waals surface area contributed by atoms with Crippen LogP contribution < -0.4 is 5.73 Å². The van der Waals surface area contributed by atoms with Gasteiger partial charge in [0.05, 0.1) is 22.2 Å². The molecule has 0 spiro atoms. The van der Waals surface area contributed by atoms with Gasteiger partial charge in [-0.1, -0.05) is 37.9 Å². The first-order valence-corrected chi connectivity index (χ1v) is 7.78. The molecule has 0 saturated heterocycles. The monoisotopic (exact) mass is 275 g/mol. The number of rotatable bonds is 5. The molecule has 0 bridgehead atoms. The summed E-state index contributed by atoms with van der Waals surface area (Å²) in [7, 11) is -3.07. The van der Waals surface area contributed by atoms with Gasteiger partial charge < -0.3 is 5.73 Å². The molecule has 0 heterocycles. The van der Waals surface area contributed by atoms with E-state index in [-0.39, 0.29) is 17.4 Å². The molecule has 96 valence electrons. The first-order valence-electron chi connectivity index (χ1n) is 5.58. The summed E-state index contributed by atoms with van der Waals surface area (Å²) in [6, 6.07) is 4.95. The molecule has 2 N–H and O–H groups in total. The van der Waals surface area contributed by atoms with Gasteiger partial charge in [-0.2, -0.15) is 0 Å². The highest BCUT2D eigenvalue weighted by Gasteiger charge is 2.16. The van der Waals surface area contributed by atoms with Crippen LogP contribution in [0.15, 0.2) is 18.2 Å². The Bertz CT molecular complexity index is 485. The lowest BCUT2D eigenvalue weighted by atomic mass is 10.2. The lowest BCUT2D eigenvalue weighted by molar-refractivity contribution is 0.563. The van der Waals surface area contributed by atoms with Crippen LogP contribution in [-0.2, 0) is 15.6 Å². The van der Waals surface area contributed by atoms with E-state index in [2.05, 4.69) is 0 Å². The third kappa shape index (κ3) is 4.56. The summed E-state index contributed by atoms with van der Waals surface area (Å²) >= 11 is 5.78. The molecule has 0 amide bonds. The number of hydrogen-bond acceptors (Lipinski definition) is 3. The number of anilines is 1. The third-order valence-corrected chi connectivity index (χ3v) is 4.88. The van der Waals surface area contributed by atoms with E-state index in [1.54, 1.807) is 18.2 Å². The van der Waals surface area contributed by atoms with Crippen molar-refractivity contribution < 1.29 is 8.42 Å². The van der Waals surface area contributed by atoms with E-state index in [0.717, 1.165) is 6.42 Å². The average molecular weight is 276 g/mol. The fourth-order valence-corrected chi connectivity index (χ4v) is 3.57. The van der Waals surface area contributed by atoms with E-state index >= 15 is 0 Å². The van der Waals surface area contributed by atoms with Crippen molar-refractivity contribution in [1.82, 2.24) is 0 Å². The number of sulfone groups is 1. The molecule has 1 unspecified atom stereocenters. The van der Waals surface area contributed by atoms with Gasteiger partial charge >= 0.3 is 0 Å². The fraction of sp³-hybridized carbons (Fsp3) is 0.500. The minimum atomic E-state index is -3.07. The summed E-state index contributed by atoms with van der Waals surface area (Å²) in [5, 5.41) is 0.452. The Morgan fingerprint density at radius 2 is 2.06 bits per heavy atom. The van der Waals surface area contributed by atoms with Crippen molar-refractivity contribution in [2.24, 2.45) is 5.92 Å². The van der Waals surface area contributed by atoms with Gasteiger partial charge in [-0.3, -0.25) is 0 Å². The van der Waals surface area contributed by atoms with Crippen LogP contribution in [0.2, 0.25) is 5.02 Å². The Morgan fingerprint density at radius 3 is 2.59 bits per heavy atom. The topological polar surface area (TPSA) is 60.2 Å². The first-order chi connectivity index (χ1) is 7.84. The largest absolute Gasteiger partial charge is 0.398 e. The Hall–Kier alpha value is -0.740. The van der Waals surface area contributed by atoms with Crippen LogP contribution in [0.1, 0.15) is 25.8 Å². The molecule has 5 heteroatoms. The van der Waals surface area contributed by atoms with Gasteiger partial charge in [0.25, 0.3) is 0 Å². The Balaban J connectivity index is 2.80. The van der Waals surface area contributed by atoms with Gasteiger partial charge in [-0.15, -0.1) is 0 Å². The maximum absolute atomic E-state index is 11.9. The second kappa shape index (κ2) is 5.74. The molecular weight excluding hydrogens is 258 g/mol. The summed E-state index contributed by atoms with van der Waals surface area (Å²) < 4.78 is 23.8. The highest BCUT2D eigenvalue weighted by atomic mass is 35.5. The summed E-state index contributed by atoms with van der Waals surface area (Å²) in [4.78, 5) is 0. The highest BCUT2D eigenvalue weighted by molar-refractivity contribution is 7.90. The second-order valence-corrected chi connectivity index (χ2v) is 6.94. The molecule has 0 aromatic heterocycles. The van der Waals surface area contributed by atoms with Crippen molar-refractivity contribution in [2.45, 2.75) is 26.0 Å². The lowest BCUT2D eigenvalue weighted by Crippen LogP contribution is -2.15. The van der Waals surface area contributed by atoms with Gasteiger partial charge in [0, 0.05) is 0 Å². The van der Waals surface area contributed by atoms with Crippen LogP contribution >= 0.6 is 11.6 Å². The SMILES string of the molecule is CCC(C)CS(=O)(=O)Cc1ccc(Cl)c(N)c1. The minimum absolute atomic E-state index is 0.0265. The van der Waals surface area contributed by atoms with Gasteiger partial charge in [0.2, 0.25) is 0 Å². The number of hydrogen-bond donors (Lipinski definition) is 1. The number of nitrogens with two attached hydrogens (primary N) is 1. The van der Waals surface area contributed by atoms with E-state index < -0.39 is 9.84 Å². The Morgan fingerprint density at radius 1 is 1.41 bits per heavy atom. The summed E-state index contributed by atoms with van der Waals surface area (Å²) in [6.07, 6.45) is 0.863. The lowest BCUT2D eigenvalue weighted by Gasteiger charge is -2.10. The molecule has 0 aliphatic rings. The maximum Gasteiger partial charge on any atom is 0.154 e. The van der Waals surface area contributed by atoms with Crippen molar-refractivity contribution in [2.75, 3.05) is 11.5 Å². The fourth-order valence-electron chi connectivity index (χ4n) is 1.55. The number of benzene rings is 1. The average Bonchev–Trinajstić information content (AvgIpc) is 2.22. The van der Waals surface area contributed by atoms with Crippen molar-refractivity contribution in [3.8, 4) is 0 Å². The predicted octanol–water partition coefficient (Wildman–Crippen LogP) is 2.88. The van der Waals surface area contributed by atoms with Gasteiger partial charge in [0.15, 0.2) is 9.84 Å². The van der Waals surface area contributed by atoms with Gasteiger partial charge in [0.1, 0.15) is 0 Å².